The fraction of sp³-hybridized carbons (Fsp3) is 0.385. The Morgan fingerprint density at radius 1 is 1.12 bits per heavy atom. The predicted molar refractivity (Wildman–Crippen MR) is 130 cm³/mol. The highest BCUT2D eigenvalue weighted by Gasteiger charge is 2.21. The lowest BCUT2D eigenvalue weighted by molar-refractivity contribution is 0.0914. The Kier molecular flexibility index (Phi) is 6.51. The number of hydrogen-bond donors (Lipinski definition) is 1. The van der Waals surface area contributed by atoms with E-state index in [0.29, 0.717) is 26.2 Å². The van der Waals surface area contributed by atoms with Crippen molar-refractivity contribution >= 4 is 10.9 Å². The van der Waals surface area contributed by atoms with Crippen molar-refractivity contribution in [3.63, 3.8) is 0 Å². The second-order valence-electron chi connectivity index (χ2n) is 9.21. The molecule has 1 fully saturated rings. The summed E-state index contributed by atoms with van der Waals surface area (Å²) in [4.78, 5) is 18.3. The number of benzene rings is 2. The highest BCUT2D eigenvalue weighted by molar-refractivity contribution is 5.81. The van der Waals surface area contributed by atoms with Crippen molar-refractivity contribution in [2.24, 2.45) is 0 Å². The van der Waals surface area contributed by atoms with Gasteiger partial charge < -0.3 is 9.72 Å². The molecular formula is C26H30N6O2. The van der Waals surface area contributed by atoms with Crippen LogP contribution in [0.4, 0.5) is 0 Å². The van der Waals surface area contributed by atoms with E-state index >= 15 is 0 Å². The van der Waals surface area contributed by atoms with Gasteiger partial charge in [0.1, 0.15) is 0 Å². The van der Waals surface area contributed by atoms with Crippen LogP contribution < -0.4 is 5.56 Å². The molecule has 0 saturated carbocycles. The molecule has 0 spiro atoms. The Hall–Kier alpha value is -3.36. The predicted octanol–water partition coefficient (Wildman–Crippen LogP) is 3.51. The number of aromatic amines is 1. The molecule has 0 unspecified atom stereocenters. The molecular weight excluding hydrogens is 428 g/mol. The molecule has 5 rings (SSSR count). The number of hydrogen-bond acceptors (Lipinski definition) is 6. The number of nitrogens with zero attached hydrogens (tertiary/aromatic N) is 5. The summed E-state index contributed by atoms with van der Waals surface area (Å²) >= 11 is 0. The number of rotatable bonds is 8. The SMILES string of the molecule is Cc1ccc(CN(Cc2cc3cccc(C)c3[nH]c2=O)Cc2nnnn2C[C@H]2CCCO2)cc1. The van der Waals surface area contributed by atoms with Gasteiger partial charge in [0.15, 0.2) is 5.82 Å². The number of nitrogens with one attached hydrogen (secondary N) is 1. The standard InChI is InChI=1S/C26H30N6O2/c1-18-8-10-20(11-9-18)14-31(17-24-28-29-30-32(24)16-23-7-4-12-34-23)15-22-13-21-6-3-5-19(2)25(21)27-26(22)33/h3,5-6,8-11,13,23H,4,7,12,14-17H2,1-2H3,(H,27,33)/t23-/m1/s1. The van der Waals surface area contributed by atoms with Gasteiger partial charge in [-0.05, 0) is 59.7 Å². The summed E-state index contributed by atoms with van der Waals surface area (Å²) in [6, 6.07) is 16.5. The minimum Gasteiger partial charge on any atom is -0.376 e. The molecule has 1 atom stereocenters. The molecule has 3 heterocycles. The van der Waals surface area contributed by atoms with E-state index in [9.17, 15) is 4.79 Å². The highest BCUT2D eigenvalue weighted by Crippen LogP contribution is 2.19. The maximum atomic E-state index is 13.0. The molecule has 1 aliphatic rings. The highest BCUT2D eigenvalue weighted by atomic mass is 16.5. The van der Waals surface area contributed by atoms with E-state index in [1.54, 1.807) is 0 Å². The van der Waals surface area contributed by atoms with E-state index < -0.39 is 0 Å². The lowest BCUT2D eigenvalue weighted by atomic mass is 10.1. The Balaban J connectivity index is 1.42. The topological polar surface area (TPSA) is 88.9 Å². The van der Waals surface area contributed by atoms with Gasteiger partial charge in [-0.15, -0.1) is 5.10 Å². The quantitative estimate of drug-likeness (QED) is 0.435. The number of pyridine rings is 1. The molecule has 0 amide bonds. The fourth-order valence-electron chi connectivity index (χ4n) is 4.57. The minimum absolute atomic E-state index is 0.0605. The normalized spacial score (nSPS) is 16.0. The first-order valence-electron chi connectivity index (χ1n) is 11.8. The van der Waals surface area contributed by atoms with Gasteiger partial charge in [-0.25, -0.2) is 4.68 Å². The van der Waals surface area contributed by atoms with Crippen LogP contribution in [0, 0.1) is 13.8 Å². The third-order valence-electron chi connectivity index (χ3n) is 6.46. The molecule has 4 aromatic rings. The molecule has 176 valence electrons. The lowest BCUT2D eigenvalue weighted by Crippen LogP contribution is -2.29. The zero-order valence-corrected chi connectivity index (χ0v) is 19.7. The lowest BCUT2D eigenvalue weighted by Gasteiger charge is -2.22. The fourth-order valence-corrected chi connectivity index (χ4v) is 4.57. The molecule has 2 aromatic carbocycles. The van der Waals surface area contributed by atoms with E-state index in [0.717, 1.165) is 47.3 Å². The van der Waals surface area contributed by atoms with Gasteiger partial charge in [0.05, 0.1) is 24.7 Å². The molecule has 1 saturated heterocycles. The van der Waals surface area contributed by atoms with Gasteiger partial charge in [-0.1, -0.05) is 48.0 Å². The third kappa shape index (κ3) is 5.08. The van der Waals surface area contributed by atoms with Crippen LogP contribution >= 0.6 is 0 Å². The second-order valence-corrected chi connectivity index (χ2v) is 9.21. The smallest absolute Gasteiger partial charge is 0.252 e. The summed E-state index contributed by atoms with van der Waals surface area (Å²) in [6.07, 6.45) is 2.25. The van der Waals surface area contributed by atoms with Crippen molar-refractivity contribution in [3.8, 4) is 0 Å². The average molecular weight is 459 g/mol. The zero-order chi connectivity index (χ0) is 23.5. The van der Waals surface area contributed by atoms with E-state index in [1.165, 1.54) is 11.1 Å². The molecule has 1 N–H and O–H groups in total. The van der Waals surface area contributed by atoms with E-state index in [1.807, 2.05) is 35.9 Å². The van der Waals surface area contributed by atoms with Crippen LogP contribution in [0.5, 0.6) is 0 Å². The van der Waals surface area contributed by atoms with Crippen LogP contribution in [0.3, 0.4) is 0 Å². The van der Waals surface area contributed by atoms with Crippen molar-refractivity contribution in [1.29, 1.82) is 0 Å². The number of para-hydroxylation sites is 1. The number of aryl methyl sites for hydroxylation is 2. The average Bonchev–Trinajstić information content (AvgIpc) is 3.49. The Bertz CT molecular complexity index is 1320. The van der Waals surface area contributed by atoms with Gasteiger partial charge >= 0.3 is 0 Å². The van der Waals surface area contributed by atoms with Crippen molar-refractivity contribution in [1.82, 2.24) is 30.1 Å². The van der Waals surface area contributed by atoms with Crippen molar-refractivity contribution in [3.05, 3.63) is 87.0 Å². The molecule has 8 nitrogen and oxygen atoms in total. The molecule has 2 aromatic heterocycles. The van der Waals surface area contributed by atoms with E-state index in [-0.39, 0.29) is 11.7 Å². The summed E-state index contributed by atoms with van der Waals surface area (Å²) < 4.78 is 7.62. The van der Waals surface area contributed by atoms with E-state index in [2.05, 4.69) is 56.6 Å². The maximum absolute atomic E-state index is 13.0. The van der Waals surface area contributed by atoms with Crippen molar-refractivity contribution < 1.29 is 4.74 Å². The van der Waals surface area contributed by atoms with Crippen LogP contribution in [0.2, 0.25) is 0 Å². The maximum Gasteiger partial charge on any atom is 0.252 e. The number of aromatic nitrogens is 5. The third-order valence-corrected chi connectivity index (χ3v) is 6.46. The summed E-state index contributed by atoms with van der Waals surface area (Å²) in [6.45, 7) is 7.23. The summed E-state index contributed by atoms with van der Waals surface area (Å²) in [5.41, 5.74) is 5.01. The van der Waals surface area contributed by atoms with Crippen LogP contribution in [0.25, 0.3) is 10.9 Å². The first kappa shape index (κ1) is 22.4. The Labute approximate surface area is 198 Å². The first-order valence-corrected chi connectivity index (χ1v) is 11.8. The van der Waals surface area contributed by atoms with Gasteiger partial charge in [-0.3, -0.25) is 9.69 Å². The van der Waals surface area contributed by atoms with Crippen LogP contribution in [-0.4, -0.2) is 42.8 Å². The van der Waals surface area contributed by atoms with E-state index in [4.69, 9.17) is 4.74 Å². The van der Waals surface area contributed by atoms with Crippen LogP contribution in [0.1, 0.15) is 40.9 Å². The Morgan fingerprint density at radius 2 is 1.97 bits per heavy atom. The summed E-state index contributed by atoms with van der Waals surface area (Å²) in [5, 5.41) is 13.5. The second kappa shape index (κ2) is 9.87. The Morgan fingerprint density at radius 3 is 2.76 bits per heavy atom. The van der Waals surface area contributed by atoms with Gasteiger partial charge in [-0.2, -0.15) is 0 Å². The molecule has 0 bridgehead atoms. The first-order chi connectivity index (χ1) is 16.5. The van der Waals surface area contributed by atoms with Gasteiger partial charge in [0, 0.05) is 25.3 Å². The molecule has 34 heavy (non-hydrogen) atoms. The number of fused-ring (bicyclic) bond motifs is 1. The number of H-pyrrole nitrogens is 1. The molecule has 8 heteroatoms. The minimum atomic E-state index is -0.0605. The zero-order valence-electron chi connectivity index (χ0n) is 19.7. The number of tetrazole rings is 1. The monoisotopic (exact) mass is 458 g/mol. The van der Waals surface area contributed by atoms with Gasteiger partial charge in [0.2, 0.25) is 0 Å². The molecule has 1 aliphatic heterocycles. The van der Waals surface area contributed by atoms with Crippen molar-refractivity contribution in [2.75, 3.05) is 6.61 Å². The van der Waals surface area contributed by atoms with Gasteiger partial charge in [0.25, 0.3) is 5.56 Å². The largest absolute Gasteiger partial charge is 0.376 e. The molecule has 0 radical (unpaired) electrons. The summed E-state index contributed by atoms with van der Waals surface area (Å²) in [5.74, 6) is 0.774. The molecule has 0 aliphatic carbocycles. The van der Waals surface area contributed by atoms with Crippen LogP contribution in [0.15, 0.2) is 53.3 Å². The number of ether oxygens (including phenoxy) is 1. The van der Waals surface area contributed by atoms with Crippen LogP contribution in [-0.2, 0) is 30.9 Å². The summed E-state index contributed by atoms with van der Waals surface area (Å²) in [7, 11) is 0. The van der Waals surface area contributed by atoms with Crippen molar-refractivity contribution in [2.45, 2.75) is 59.0 Å².